The summed E-state index contributed by atoms with van der Waals surface area (Å²) in [6, 6.07) is 0. The molecule has 0 spiro atoms. The fourth-order valence-corrected chi connectivity index (χ4v) is 6.29. The molecule has 0 aliphatic heterocycles. The molecule has 0 aromatic rings. The van der Waals surface area contributed by atoms with Crippen molar-refractivity contribution in [2.24, 2.45) is 5.73 Å². The van der Waals surface area contributed by atoms with E-state index in [2.05, 4.69) is 32.1 Å². The summed E-state index contributed by atoms with van der Waals surface area (Å²) >= 11 is 0. The van der Waals surface area contributed by atoms with Crippen LogP contribution in [0.4, 0.5) is 0 Å². The van der Waals surface area contributed by atoms with E-state index in [0.717, 1.165) is 57.8 Å². The molecular weight excluding hydrogens is 681 g/mol. The fourth-order valence-electron chi connectivity index (χ4n) is 5.53. The molecule has 0 rings (SSSR count). The highest BCUT2D eigenvalue weighted by Gasteiger charge is 2.24. The molecule has 0 saturated heterocycles. The number of carbonyl (C=O) groups is 1. The van der Waals surface area contributed by atoms with Gasteiger partial charge < -0.3 is 30.3 Å². The number of hydrogen-bond donors (Lipinski definition) is 4. The predicted molar refractivity (Wildman–Crippen MR) is 213 cm³/mol. The van der Waals surface area contributed by atoms with Crippen molar-refractivity contribution in [2.45, 2.75) is 193 Å². The molecule has 1 unspecified atom stereocenters. The maximum Gasteiger partial charge on any atom is 0.472 e. The number of aliphatic hydroxyl groups is 2. The van der Waals surface area contributed by atoms with E-state index in [1.54, 1.807) is 6.26 Å². The van der Waals surface area contributed by atoms with Crippen LogP contribution in [0.3, 0.4) is 0 Å². The second-order valence-electron chi connectivity index (χ2n) is 13.9. The molecule has 0 aromatic carbocycles. The summed E-state index contributed by atoms with van der Waals surface area (Å²) in [6.07, 6.45) is 35.6. The summed E-state index contributed by atoms with van der Waals surface area (Å²) in [5.74, 6) is -0.371. The molecule has 0 saturated carbocycles. The number of unbranched alkanes of at least 4 members (excludes halogenated alkanes) is 18. The van der Waals surface area contributed by atoms with Crippen LogP contribution in [-0.2, 0) is 27.9 Å². The Morgan fingerprint density at radius 1 is 0.654 bits per heavy atom. The zero-order valence-electron chi connectivity index (χ0n) is 33.0. The standard InChI is InChI=1S/C41H78NO9P/c1-3-5-7-9-11-12-13-14-15-16-17-18-19-20-25-29-34-48-38(37-51-52(46,47)50-35-33-42)36-49-41(45)32-28-24-21-23-27-31-40(44)39(43)30-26-22-10-8-6-4-2/h12-13,22,26,29,34,38-40,43-44H,3-11,14-21,23-25,27-28,30-33,35-37,42H2,1-2H3,(H,46,47)/b13-12-,26-22-,34-29+/t38-,39-,40-/m1/s1. The lowest BCUT2D eigenvalue weighted by atomic mass is 10.0. The van der Waals surface area contributed by atoms with Crippen molar-refractivity contribution in [3.05, 3.63) is 36.6 Å². The normalized spacial score (nSPS) is 15.0. The highest BCUT2D eigenvalue weighted by atomic mass is 31.2. The average molecular weight is 760 g/mol. The van der Waals surface area contributed by atoms with Crippen molar-refractivity contribution in [3.63, 3.8) is 0 Å². The van der Waals surface area contributed by atoms with Crippen molar-refractivity contribution < 1.29 is 43.0 Å². The molecule has 0 bridgehead atoms. The fraction of sp³-hybridized carbons (Fsp3) is 0.829. The number of ether oxygens (including phenoxy) is 2. The minimum absolute atomic E-state index is 0.0764. The third kappa shape index (κ3) is 35.5. The van der Waals surface area contributed by atoms with Gasteiger partial charge in [-0.05, 0) is 76.7 Å². The monoisotopic (exact) mass is 760 g/mol. The quantitative estimate of drug-likeness (QED) is 0.0156. The Balaban J connectivity index is 4.24. The van der Waals surface area contributed by atoms with Crippen LogP contribution >= 0.6 is 7.82 Å². The van der Waals surface area contributed by atoms with Crippen LogP contribution in [0.15, 0.2) is 36.6 Å². The highest BCUT2D eigenvalue weighted by Crippen LogP contribution is 2.43. The van der Waals surface area contributed by atoms with Gasteiger partial charge in [-0.3, -0.25) is 13.8 Å². The predicted octanol–water partition coefficient (Wildman–Crippen LogP) is 10.1. The smallest absolute Gasteiger partial charge is 0.472 e. The first-order valence-electron chi connectivity index (χ1n) is 20.7. The lowest BCUT2D eigenvalue weighted by molar-refractivity contribution is -0.147. The first kappa shape index (κ1) is 50.5. The second-order valence-corrected chi connectivity index (χ2v) is 15.3. The van der Waals surface area contributed by atoms with Crippen LogP contribution in [0, 0.1) is 0 Å². The topological polar surface area (TPSA) is 158 Å². The number of hydrogen-bond acceptors (Lipinski definition) is 9. The third-order valence-electron chi connectivity index (χ3n) is 8.82. The Morgan fingerprint density at radius 3 is 1.81 bits per heavy atom. The molecule has 0 aliphatic rings. The van der Waals surface area contributed by atoms with Gasteiger partial charge in [-0.2, -0.15) is 0 Å². The second kappa shape index (κ2) is 37.8. The summed E-state index contributed by atoms with van der Waals surface area (Å²) in [5, 5.41) is 20.4. The zero-order chi connectivity index (χ0) is 38.4. The Bertz CT molecular complexity index is 930. The average Bonchev–Trinajstić information content (AvgIpc) is 3.13. The van der Waals surface area contributed by atoms with Crippen molar-refractivity contribution in [1.82, 2.24) is 0 Å². The summed E-state index contributed by atoms with van der Waals surface area (Å²) in [4.78, 5) is 22.3. The lowest BCUT2D eigenvalue weighted by Crippen LogP contribution is -2.25. The van der Waals surface area contributed by atoms with Crippen molar-refractivity contribution >= 4 is 13.8 Å². The number of aliphatic hydroxyl groups excluding tert-OH is 2. The number of allylic oxidation sites excluding steroid dienone is 4. The molecule has 10 nitrogen and oxygen atoms in total. The van der Waals surface area contributed by atoms with Gasteiger partial charge in [0.05, 0.1) is 31.7 Å². The van der Waals surface area contributed by atoms with E-state index in [0.29, 0.717) is 19.3 Å². The van der Waals surface area contributed by atoms with Gasteiger partial charge in [0.25, 0.3) is 0 Å². The lowest BCUT2D eigenvalue weighted by Gasteiger charge is -2.19. The van der Waals surface area contributed by atoms with Gasteiger partial charge in [0.2, 0.25) is 0 Å². The van der Waals surface area contributed by atoms with Gasteiger partial charge >= 0.3 is 13.8 Å². The number of rotatable bonds is 39. The van der Waals surface area contributed by atoms with Gasteiger partial charge in [-0.25, -0.2) is 4.57 Å². The Labute approximate surface area is 317 Å². The molecule has 0 fully saturated rings. The summed E-state index contributed by atoms with van der Waals surface area (Å²) < 4.78 is 33.1. The highest BCUT2D eigenvalue weighted by molar-refractivity contribution is 7.47. The molecule has 0 amide bonds. The maximum atomic E-state index is 12.4. The summed E-state index contributed by atoms with van der Waals surface area (Å²) in [7, 11) is -4.30. The van der Waals surface area contributed by atoms with Gasteiger partial charge in [0.15, 0.2) is 6.10 Å². The number of phosphoric acid groups is 1. The molecule has 5 N–H and O–H groups in total. The van der Waals surface area contributed by atoms with E-state index in [-0.39, 0.29) is 38.8 Å². The zero-order valence-corrected chi connectivity index (χ0v) is 33.9. The number of esters is 1. The molecule has 306 valence electrons. The molecule has 0 aliphatic carbocycles. The molecule has 4 atom stereocenters. The molecular formula is C41H78NO9P. The van der Waals surface area contributed by atoms with Gasteiger partial charge in [-0.1, -0.05) is 122 Å². The van der Waals surface area contributed by atoms with Crippen molar-refractivity contribution in [2.75, 3.05) is 26.4 Å². The van der Waals surface area contributed by atoms with Crippen LogP contribution in [0.2, 0.25) is 0 Å². The van der Waals surface area contributed by atoms with Gasteiger partial charge in [-0.15, -0.1) is 0 Å². The van der Waals surface area contributed by atoms with Crippen LogP contribution in [0.25, 0.3) is 0 Å². The van der Waals surface area contributed by atoms with Gasteiger partial charge in [0, 0.05) is 13.0 Å². The van der Waals surface area contributed by atoms with E-state index in [1.165, 1.54) is 77.0 Å². The van der Waals surface area contributed by atoms with Crippen LogP contribution in [-0.4, -0.2) is 65.8 Å². The van der Waals surface area contributed by atoms with Crippen LogP contribution in [0.5, 0.6) is 0 Å². The van der Waals surface area contributed by atoms with Crippen molar-refractivity contribution in [1.29, 1.82) is 0 Å². The number of nitrogens with two attached hydrogens (primary N) is 1. The summed E-state index contributed by atoms with van der Waals surface area (Å²) in [6.45, 7) is 3.96. The third-order valence-corrected chi connectivity index (χ3v) is 9.80. The van der Waals surface area contributed by atoms with E-state index in [9.17, 15) is 24.5 Å². The van der Waals surface area contributed by atoms with E-state index < -0.39 is 26.1 Å². The summed E-state index contributed by atoms with van der Waals surface area (Å²) in [5.41, 5.74) is 5.35. The molecule has 11 heteroatoms. The Morgan fingerprint density at radius 2 is 1.17 bits per heavy atom. The molecule has 0 radical (unpaired) electrons. The first-order chi connectivity index (χ1) is 25.3. The molecule has 52 heavy (non-hydrogen) atoms. The largest absolute Gasteiger partial charge is 0.492 e. The Kier molecular flexibility index (Phi) is 36.7. The number of phosphoric ester groups is 1. The maximum absolute atomic E-state index is 12.4. The molecule has 0 heterocycles. The van der Waals surface area contributed by atoms with E-state index in [4.69, 9.17) is 24.3 Å². The minimum atomic E-state index is -4.30. The SMILES string of the molecule is CCCCC/C=C\C[C@@H](O)[C@H](O)CCCCCCCC(=O)OC[C@H](COP(=O)(O)OCCN)O/C=C/CCCCCCCC/C=C\CCCCCC. The Hall–Kier alpha value is -1.52. The van der Waals surface area contributed by atoms with Gasteiger partial charge in [0.1, 0.15) is 6.61 Å². The van der Waals surface area contributed by atoms with E-state index >= 15 is 0 Å². The van der Waals surface area contributed by atoms with Crippen molar-refractivity contribution in [3.8, 4) is 0 Å². The first-order valence-corrected chi connectivity index (χ1v) is 22.2. The van der Waals surface area contributed by atoms with E-state index in [1.807, 2.05) is 12.2 Å². The van der Waals surface area contributed by atoms with Crippen LogP contribution in [0.1, 0.15) is 174 Å². The molecule has 0 aromatic heterocycles. The minimum Gasteiger partial charge on any atom is -0.492 e. The van der Waals surface area contributed by atoms with Crippen LogP contribution < -0.4 is 5.73 Å². The number of carbonyl (C=O) groups excluding carboxylic acids is 1.